The molecule has 0 aliphatic carbocycles. The summed E-state index contributed by atoms with van der Waals surface area (Å²) in [6, 6.07) is 16.4. The number of nitrogens with zero attached hydrogens (tertiary/aromatic N) is 2. The summed E-state index contributed by atoms with van der Waals surface area (Å²) < 4.78 is 27.2. The maximum atomic E-state index is 13.3. The van der Waals surface area contributed by atoms with E-state index < -0.39 is 16.1 Å². The fourth-order valence-electron chi connectivity index (χ4n) is 4.24. The summed E-state index contributed by atoms with van der Waals surface area (Å²) in [5, 5.41) is 6.76. The Labute approximate surface area is 204 Å². The van der Waals surface area contributed by atoms with Crippen molar-refractivity contribution in [1.29, 1.82) is 0 Å². The Morgan fingerprint density at radius 3 is 2.35 bits per heavy atom. The van der Waals surface area contributed by atoms with Crippen molar-refractivity contribution >= 4 is 43.9 Å². The Bertz CT molecular complexity index is 1260. The zero-order valence-electron chi connectivity index (χ0n) is 19.3. The summed E-state index contributed by atoms with van der Waals surface area (Å²) in [6.07, 6.45) is 0.185. The van der Waals surface area contributed by atoms with E-state index in [1.807, 2.05) is 56.3 Å². The normalized spacial score (nSPS) is 16.0. The highest BCUT2D eigenvalue weighted by molar-refractivity contribution is 7.91. The average molecular weight is 500 g/mol. The van der Waals surface area contributed by atoms with E-state index in [1.165, 1.54) is 15.6 Å². The Hall–Kier alpha value is -2.75. The van der Waals surface area contributed by atoms with E-state index in [9.17, 15) is 18.0 Å². The smallest absolute Gasteiger partial charge is 0.252 e. The molecule has 4 rings (SSSR count). The Balaban J connectivity index is 1.39. The minimum absolute atomic E-state index is 0.100. The number of thiophene rings is 1. The molecule has 1 atom stereocenters. The maximum Gasteiger partial charge on any atom is 0.252 e. The van der Waals surface area contributed by atoms with Crippen LogP contribution in [0.25, 0.3) is 10.8 Å². The van der Waals surface area contributed by atoms with E-state index in [2.05, 4.69) is 5.32 Å². The van der Waals surface area contributed by atoms with Crippen LogP contribution in [0.4, 0.5) is 0 Å². The first-order valence-corrected chi connectivity index (χ1v) is 13.7. The molecular formula is C25H29N3O4S2. The first-order valence-electron chi connectivity index (χ1n) is 11.4. The van der Waals surface area contributed by atoms with Crippen LogP contribution in [0, 0.1) is 5.92 Å². The topological polar surface area (TPSA) is 86.8 Å². The van der Waals surface area contributed by atoms with E-state index >= 15 is 0 Å². The van der Waals surface area contributed by atoms with Crippen LogP contribution >= 0.6 is 11.3 Å². The predicted octanol–water partition coefficient (Wildman–Crippen LogP) is 3.12. The maximum absolute atomic E-state index is 13.3. The molecular weight excluding hydrogens is 470 g/mol. The molecule has 1 fully saturated rings. The molecule has 1 N–H and O–H groups in total. The molecule has 1 aliphatic heterocycles. The van der Waals surface area contributed by atoms with Gasteiger partial charge in [-0.05, 0) is 33.7 Å². The van der Waals surface area contributed by atoms with Crippen LogP contribution in [0.5, 0.6) is 0 Å². The molecule has 0 spiro atoms. The summed E-state index contributed by atoms with van der Waals surface area (Å²) in [6.45, 7) is 4.87. The third-order valence-electron chi connectivity index (χ3n) is 6.12. The molecule has 0 unspecified atom stereocenters. The van der Waals surface area contributed by atoms with Crippen molar-refractivity contribution < 1.29 is 18.0 Å². The van der Waals surface area contributed by atoms with Gasteiger partial charge in [0.2, 0.25) is 11.8 Å². The lowest BCUT2D eigenvalue weighted by Crippen LogP contribution is -2.57. The fraction of sp³-hybridized carbons (Fsp3) is 0.360. The van der Waals surface area contributed by atoms with Gasteiger partial charge in [0.1, 0.15) is 10.3 Å². The van der Waals surface area contributed by atoms with Crippen molar-refractivity contribution in [2.45, 2.75) is 30.5 Å². The van der Waals surface area contributed by atoms with Gasteiger partial charge < -0.3 is 10.2 Å². The van der Waals surface area contributed by atoms with Crippen LogP contribution in [-0.2, 0) is 26.0 Å². The molecule has 2 aromatic carbocycles. The first kappa shape index (κ1) is 24.4. The first-order chi connectivity index (χ1) is 16.3. The van der Waals surface area contributed by atoms with Gasteiger partial charge in [-0.15, -0.1) is 11.3 Å². The molecule has 34 heavy (non-hydrogen) atoms. The van der Waals surface area contributed by atoms with Crippen LogP contribution in [0.1, 0.15) is 19.4 Å². The van der Waals surface area contributed by atoms with Gasteiger partial charge in [-0.3, -0.25) is 9.59 Å². The van der Waals surface area contributed by atoms with Gasteiger partial charge in [0, 0.05) is 26.2 Å². The molecule has 2 amide bonds. The second-order valence-electron chi connectivity index (χ2n) is 8.77. The molecule has 3 aromatic rings. The summed E-state index contributed by atoms with van der Waals surface area (Å²) in [5.74, 6) is -0.478. The second-order valence-corrected chi connectivity index (χ2v) is 11.9. The van der Waals surface area contributed by atoms with Gasteiger partial charge >= 0.3 is 0 Å². The third kappa shape index (κ3) is 5.16. The number of amides is 2. The van der Waals surface area contributed by atoms with Gasteiger partial charge in [-0.1, -0.05) is 62.4 Å². The van der Waals surface area contributed by atoms with Crippen molar-refractivity contribution in [3.8, 4) is 0 Å². The molecule has 1 aromatic heterocycles. The zero-order chi connectivity index (χ0) is 24.3. The summed E-state index contributed by atoms with van der Waals surface area (Å²) in [4.78, 5) is 27.8. The predicted molar refractivity (Wildman–Crippen MR) is 134 cm³/mol. The van der Waals surface area contributed by atoms with Crippen LogP contribution in [0.15, 0.2) is 64.2 Å². The lowest BCUT2D eigenvalue weighted by molar-refractivity contribution is -0.138. The summed E-state index contributed by atoms with van der Waals surface area (Å²) >= 11 is 1.19. The quantitative estimate of drug-likeness (QED) is 0.541. The lowest BCUT2D eigenvalue weighted by Gasteiger charge is -2.36. The van der Waals surface area contributed by atoms with Crippen LogP contribution in [0.2, 0.25) is 0 Å². The molecule has 180 valence electrons. The monoisotopic (exact) mass is 499 g/mol. The number of hydrogen-bond donors (Lipinski definition) is 1. The molecule has 1 aliphatic rings. The average Bonchev–Trinajstić information content (AvgIpc) is 3.38. The fourth-order valence-corrected chi connectivity index (χ4v) is 6.81. The number of benzene rings is 2. The van der Waals surface area contributed by atoms with Crippen molar-refractivity contribution in [2.24, 2.45) is 5.92 Å². The highest BCUT2D eigenvalue weighted by atomic mass is 32.2. The summed E-state index contributed by atoms with van der Waals surface area (Å²) in [7, 11) is -3.53. The van der Waals surface area contributed by atoms with E-state index in [1.54, 1.807) is 22.4 Å². The van der Waals surface area contributed by atoms with Crippen LogP contribution < -0.4 is 5.32 Å². The van der Waals surface area contributed by atoms with Crippen LogP contribution in [-0.4, -0.2) is 61.7 Å². The van der Waals surface area contributed by atoms with E-state index in [0.717, 1.165) is 16.3 Å². The summed E-state index contributed by atoms with van der Waals surface area (Å²) in [5.41, 5.74) is 0.915. The Morgan fingerprint density at radius 2 is 1.68 bits per heavy atom. The van der Waals surface area contributed by atoms with Crippen molar-refractivity contribution in [1.82, 2.24) is 14.5 Å². The molecule has 7 nitrogen and oxygen atoms in total. The van der Waals surface area contributed by atoms with Crippen molar-refractivity contribution in [3.63, 3.8) is 0 Å². The number of carbonyl (C=O) groups is 2. The van der Waals surface area contributed by atoms with Gasteiger partial charge in [0.05, 0.1) is 6.42 Å². The number of fused-ring (bicyclic) bond motifs is 1. The van der Waals surface area contributed by atoms with E-state index in [4.69, 9.17) is 0 Å². The lowest BCUT2D eigenvalue weighted by atomic mass is 10.00. The standard InChI is InChI=1S/C25H29N3O4S2/c1-18(2)24(26-22(29)17-20-9-5-8-19-7-3-4-10-21(19)20)25(30)27-12-14-28(15-13-27)34(31,32)23-11-6-16-33-23/h3-11,16,18,24H,12-15,17H2,1-2H3,(H,26,29)/t24-/m1/s1. The number of rotatable bonds is 7. The molecule has 0 bridgehead atoms. The number of sulfonamides is 1. The van der Waals surface area contributed by atoms with E-state index in [-0.39, 0.29) is 37.2 Å². The van der Waals surface area contributed by atoms with Gasteiger partial charge in [-0.2, -0.15) is 4.31 Å². The molecule has 0 saturated carbocycles. The number of carbonyl (C=O) groups excluding carboxylic acids is 2. The minimum Gasteiger partial charge on any atom is -0.344 e. The Kier molecular flexibility index (Phi) is 7.35. The molecule has 0 radical (unpaired) electrons. The second kappa shape index (κ2) is 10.2. The van der Waals surface area contributed by atoms with Gasteiger partial charge in [-0.25, -0.2) is 8.42 Å². The van der Waals surface area contributed by atoms with E-state index in [0.29, 0.717) is 17.3 Å². The third-order valence-corrected chi connectivity index (χ3v) is 9.39. The SMILES string of the molecule is CC(C)[C@@H](NC(=O)Cc1cccc2ccccc12)C(=O)N1CCN(S(=O)(=O)c2cccs2)CC1. The molecule has 1 saturated heterocycles. The number of nitrogens with one attached hydrogen (secondary N) is 1. The van der Waals surface area contributed by atoms with Crippen molar-refractivity contribution in [3.05, 3.63) is 65.5 Å². The van der Waals surface area contributed by atoms with Gasteiger partial charge in [0.25, 0.3) is 10.0 Å². The highest BCUT2D eigenvalue weighted by Crippen LogP contribution is 2.23. The zero-order valence-corrected chi connectivity index (χ0v) is 20.9. The molecule has 2 heterocycles. The highest BCUT2D eigenvalue weighted by Gasteiger charge is 2.34. The van der Waals surface area contributed by atoms with Crippen LogP contribution in [0.3, 0.4) is 0 Å². The van der Waals surface area contributed by atoms with Crippen molar-refractivity contribution in [2.75, 3.05) is 26.2 Å². The molecule has 9 heteroatoms. The largest absolute Gasteiger partial charge is 0.344 e. The number of piperazine rings is 1. The minimum atomic E-state index is -3.53. The Morgan fingerprint density at radius 1 is 0.971 bits per heavy atom. The number of hydrogen-bond acceptors (Lipinski definition) is 5. The van der Waals surface area contributed by atoms with Gasteiger partial charge in [0.15, 0.2) is 0 Å².